The second-order valence-corrected chi connectivity index (χ2v) is 7.42. The Balaban J connectivity index is 1.74. The van der Waals surface area contributed by atoms with E-state index in [0.717, 1.165) is 28.7 Å². The molecule has 0 spiro atoms. The molecule has 0 amide bonds. The van der Waals surface area contributed by atoms with Crippen molar-refractivity contribution in [3.63, 3.8) is 0 Å². The molecule has 2 aromatic heterocycles. The van der Waals surface area contributed by atoms with Gasteiger partial charge in [0.25, 0.3) is 0 Å². The molecule has 0 saturated heterocycles. The smallest absolute Gasteiger partial charge is 0.416 e. The summed E-state index contributed by atoms with van der Waals surface area (Å²) in [6.45, 7) is 0.725. The van der Waals surface area contributed by atoms with E-state index in [9.17, 15) is 18.0 Å². The van der Waals surface area contributed by atoms with Gasteiger partial charge in [-0.3, -0.25) is 4.98 Å². The van der Waals surface area contributed by atoms with Crippen LogP contribution in [0.3, 0.4) is 0 Å². The number of benzene rings is 2. The Bertz CT molecular complexity index is 1360. The molecule has 32 heavy (non-hydrogen) atoms. The molecule has 1 unspecified atom stereocenters. The first-order chi connectivity index (χ1) is 15.3. The lowest BCUT2D eigenvalue weighted by molar-refractivity contribution is -0.137. The molecule has 2 aromatic carbocycles. The lowest BCUT2D eigenvalue weighted by Crippen LogP contribution is -2.27. The molecule has 1 aliphatic heterocycles. The van der Waals surface area contributed by atoms with Crippen molar-refractivity contribution in [2.75, 3.05) is 18.9 Å². The highest BCUT2D eigenvalue weighted by Crippen LogP contribution is 2.37. The van der Waals surface area contributed by atoms with Crippen LogP contribution in [0.1, 0.15) is 22.9 Å². The quantitative estimate of drug-likeness (QED) is 0.443. The Morgan fingerprint density at radius 3 is 2.62 bits per heavy atom. The molecule has 1 aliphatic rings. The number of H-pyrrole nitrogens is 1. The van der Waals surface area contributed by atoms with Crippen LogP contribution in [0, 0.1) is 0 Å². The second-order valence-electron chi connectivity index (χ2n) is 7.42. The van der Waals surface area contributed by atoms with Crippen LogP contribution in [0.2, 0.25) is 0 Å². The van der Waals surface area contributed by atoms with Crippen LogP contribution in [0.5, 0.6) is 5.88 Å². The van der Waals surface area contributed by atoms with E-state index in [1.807, 2.05) is 34.9 Å². The molecule has 10 heteroatoms. The van der Waals surface area contributed by atoms with Crippen LogP contribution in [0.25, 0.3) is 16.6 Å². The fourth-order valence-electron chi connectivity index (χ4n) is 4.05. The first kappa shape index (κ1) is 20.1. The molecule has 0 aliphatic carbocycles. The average Bonchev–Trinajstić information content (AvgIpc) is 3.00. The number of nitrogen functional groups attached to an aromatic ring is 1. The lowest BCUT2D eigenvalue weighted by Gasteiger charge is -2.21. The van der Waals surface area contributed by atoms with Crippen LogP contribution in [-0.4, -0.2) is 27.7 Å². The molecule has 3 heterocycles. The number of nitrogens with zero attached hydrogens (tertiary/aromatic N) is 2. The van der Waals surface area contributed by atoms with Crippen molar-refractivity contribution in [2.24, 2.45) is 0 Å². The summed E-state index contributed by atoms with van der Waals surface area (Å²) in [5.74, 6) is 0.245. The van der Waals surface area contributed by atoms with Gasteiger partial charge >= 0.3 is 11.9 Å². The summed E-state index contributed by atoms with van der Waals surface area (Å²) in [4.78, 5) is 18.2. The number of nitrogens with two attached hydrogens (primary N) is 1. The van der Waals surface area contributed by atoms with Crippen molar-refractivity contribution >= 4 is 16.7 Å². The molecule has 1 atom stereocenters. The van der Waals surface area contributed by atoms with Crippen LogP contribution in [-0.2, 0) is 6.18 Å². The SMILES string of the molecule is Nc1[nH]c(=O)nc2c1C(c1cc3ccccc3n1-c1ccc(C(F)(F)F)cc1)NCCO2. The minimum Gasteiger partial charge on any atom is -0.476 e. The van der Waals surface area contributed by atoms with Gasteiger partial charge in [-0.1, -0.05) is 18.2 Å². The van der Waals surface area contributed by atoms with Gasteiger partial charge in [0.15, 0.2) is 0 Å². The van der Waals surface area contributed by atoms with Crippen molar-refractivity contribution in [3.8, 4) is 11.6 Å². The van der Waals surface area contributed by atoms with Crippen molar-refractivity contribution in [1.82, 2.24) is 19.9 Å². The maximum absolute atomic E-state index is 13.1. The lowest BCUT2D eigenvalue weighted by atomic mass is 10.0. The second kappa shape index (κ2) is 7.41. The van der Waals surface area contributed by atoms with E-state index in [1.165, 1.54) is 12.1 Å². The predicted molar refractivity (Wildman–Crippen MR) is 113 cm³/mol. The minimum absolute atomic E-state index is 0.114. The molecule has 0 fully saturated rings. The van der Waals surface area contributed by atoms with Gasteiger partial charge in [-0.25, -0.2) is 4.79 Å². The largest absolute Gasteiger partial charge is 0.476 e. The summed E-state index contributed by atoms with van der Waals surface area (Å²) in [7, 11) is 0. The maximum Gasteiger partial charge on any atom is 0.416 e. The topological polar surface area (TPSA) is 98.0 Å². The molecule has 0 bridgehead atoms. The summed E-state index contributed by atoms with van der Waals surface area (Å²) in [5.41, 5.74) is 7.35. The predicted octanol–water partition coefficient (Wildman–Crippen LogP) is 3.39. The highest BCUT2D eigenvalue weighted by atomic mass is 19.4. The molecule has 0 saturated carbocycles. The molecule has 5 rings (SSSR count). The fraction of sp³-hybridized carbons (Fsp3) is 0.182. The third-order valence-electron chi connectivity index (χ3n) is 5.43. The van der Waals surface area contributed by atoms with Crippen molar-refractivity contribution in [2.45, 2.75) is 12.2 Å². The number of para-hydroxylation sites is 1. The van der Waals surface area contributed by atoms with Crippen molar-refractivity contribution in [3.05, 3.63) is 81.9 Å². The number of rotatable bonds is 2. The number of ether oxygens (including phenoxy) is 1. The van der Waals surface area contributed by atoms with E-state index in [4.69, 9.17) is 10.5 Å². The molecule has 7 nitrogen and oxygen atoms in total. The Morgan fingerprint density at radius 1 is 1.12 bits per heavy atom. The normalized spacial score (nSPS) is 16.4. The van der Waals surface area contributed by atoms with E-state index in [0.29, 0.717) is 17.8 Å². The van der Waals surface area contributed by atoms with Gasteiger partial charge in [-0.15, -0.1) is 0 Å². The van der Waals surface area contributed by atoms with Gasteiger partial charge in [0, 0.05) is 23.3 Å². The molecule has 4 N–H and O–H groups in total. The number of aromatic nitrogens is 3. The first-order valence-electron chi connectivity index (χ1n) is 9.87. The number of anilines is 1. The minimum atomic E-state index is -4.43. The fourth-order valence-corrected chi connectivity index (χ4v) is 4.05. The summed E-state index contributed by atoms with van der Waals surface area (Å²) in [6, 6.07) is 13.9. The standard InChI is InChI=1S/C22H18F3N5O2/c23-22(24,25)13-5-7-14(8-6-13)30-15-4-2-1-3-12(15)11-16(30)18-17-19(26)28-21(31)29-20(17)32-10-9-27-18/h1-8,11,18,27H,9-10H2,(H3,26,28,29,31). The average molecular weight is 441 g/mol. The van der Waals surface area contributed by atoms with E-state index in [2.05, 4.69) is 15.3 Å². The van der Waals surface area contributed by atoms with Gasteiger partial charge in [-0.2, -0.15) is 18.2 Å². The summed E-state index contributed by atoms with van der Waals surface area (Å²) >= 11 is 0. The van der Waals surface area contributed by atoms with Crippen LogP contribution in [0.15, 0.2) is 59.4 Å². The Labute approximate surface area is 179 Å². The zero-order chi connectivity index (χ0) is 22.5. The number of hydrogen-bond acceptors (Lipinski definition) is 5. The van der Waals surface area contributed by atoms with E-state index in [-0.39, 0.29) is 18.3 Å². The van der Waals surface area contributed by atoms with Crippen LogP contribution < -0.4 is 21.5 Å². The van der Waals surface area contributed by atoms with Crippen molar-refractivity contribution in [1.29, 1.82) is 0 Å². The number of nitrogens with one attached hydrogen (secondary N) is 2. The van der Waals surface area contributed by atoms with E-state index >= 15 is 0 Å². The van der Waals surface area contributed by atoms with Crippen LogP contribution in [0.4, 0.5) is 19.0 Å². The van der Waals surface area contributed by atoms with E-state index in [1.54, 1.807) is 0 Å². The summed E-state index contributed by atoms with van der Waals surface area (Å²) in [6.07, 6.45) is -4.43. The molecule has 164 valence electrons. The third-order valence-corrected chi connectivity index (χ3v) is 5.43. The zero-order valence-electron chi connectivity index (χ0n) is 16.6. The molecular formula is C22H18F3N5O2. The number of hydrogen-bond donors (Lipinski definition) is 3. The zero-order valence-corrected chi connectivity index (χ0v) is 16.6. The van der Waals surface area contributed by atoms with Crippen LogP contribution >= 0.6 is 0 Å². The van der Waals surface area contributed by atoms with E-state index < -0.39 is 23.5 Å². The Morgan fingerprint density at radius 2 is 1.88 bits per heavy atom. The summed E-state index contributed by atoms with van der Waals surface area (Å²) in [5, 5.41) is 4.25. The monoisotopic (exact) mass is 441 g/mol. The highest BCUT2D eigenvalue weighted by Gasteiger charge is 2.31. The molecular weight excluding hydrogens is 423 g/mol. The van der Waals surface area contributed by atoms with Crippen molar-refractivity contribution < 1.29 is 17.9 Å². The molecule has 0 radical (unpaired) electrons. The summed E-state index contributed by atoms with van der Waals surface area (Å²) < 4.78 is 46.8. The number of fused-ring (bicyclic) bond motifs is 2. The van der Waals surface area contributed by atoms with Gasteiger partial charge in [0.2, 0.25) is 5.88 Å². The van der Waals surface area contributed by atoms with Gasteiger partial charge < -0.3 is 20.4 Å². The first-order valence-corrected chi connectivity index (χ1v) is 9.87. The van der Waals surface area contributed by atoms with Gasteiger partial charge in [0.05, 0.1) is 22.7 Å². The molecule has 4 aromatic rings. The Kier molecular flexibility index (Phi) is 4.66. The van der Waals surface area contributed by atoms with Gasteiger partial charge in [0.1, 0.15) is 12.4 Å². The number of halogens is 3. The maximum atomic E-state index is 13.1. The Hall–Kier alpha value is -3.79. The third kappa shape index (κ3) is 3.38. The number of aromatic amines is 1. The van der Waals surface area contributed by atoms with Gasteiger partial charge in [-0.05, 0) is 36.4 Å². The number of alkyl halides is 3. The highest BCUT2D eigenvalue weighted by molar-refractivity contribution is 5.84.